The molecule has 0 saturated heterocycles. The van der Waals surface area contributed by atoms with E-state index in [-0.39, 0.29) is 24.0 Å². The lowest BCUT2D eigenvalue weighted by molar-refractivity contribution is 0.588. The molecule has 0 aliphatic heterocycles. The molecule has 17 heavy (non-hydrogen) atoms. The van der Waals surface area contributed by atoms with Gasteiger partial charge in [-0.25, -0.2) is 0 Å². The molecule has 0 heterocycles. The van der Waals surface area contributed by atoms with Crippen molar-refractivity contribution in [2.75, 3.05) is 13.1 Å². The minimum Gasteiger partial charge on any atom is -0.357 e. The van der Waals surface area contributed by atoms with Gasteiger partial charge in [-0.1, -0.05) is 26.0 Å². The predicted molar refractivity (Wildman–Crippen MR) is 86.1 cm³/mol. The van der Waals surface area contributed by atoms with Crippen LogP contribution in [0.15, 0.2) is 17.1 Å². The minimum atomic E-state index is 0. The number of hydrogen-bond acceptors (Lipinski definition) is 1. The highest BCUT2D eigenvalue weighted by molar-refractivity contribution is 14.0. The molecule has 100 valence electrons. The Labute approximate surface area is 123 Å². The van der Waals surface area contributed by atoms with Gasteiger partial charge in [-0.2, -0.15) is 0 Å². The van der Waals surface area contributed by atoms with Crippen molar-refractivity contribution in [1.29, 1.82) is 0 Å². The zero-order valence-corrected chi connectivity index (χ0v) is 13.5. The Morgan fingerprint density at radius 2 is 2.00 bits per heavy atom. The highest BCUT2D eigenvalue weighted by Gasteiger charge is 2.11. The van der Waals surface area contributed by atoms with Gasteiger partial charge in [-0.3, -0.25) is 4.99 Å². The zero-order chi connectivity index (χ0) is 11.8. The molecule has 0 aromatic heterocycles. The molecule has 0 bridgehead atoms. The topological polar surface area (TPSA) is 36.4 Å². The number of rotatable bonds is 5. The molecule has 0 atom stereocenters. The highest BCUT2D eigenvalue weighted by Crippen LogP contribution is 2.08. The third-order valence-electron chi connectivity index (χ3n) is 2.67. The van der Waals surface area contributed by atoms with Crippen LogP contribution in [0.1, 0.15) is 40.0 Å². The van der Waals surface area contributed by atoms with Crippen LogP contribution in [-0.2, 0) is 0 Å². The predicted octanol–water partition coefficient (Wildman–Crippen LogP) is 2.92. The quantitative estimate of drug-likeness (QED) is 0.346. The molecule has 0 aromatic carbocycles. The molecule has 4 heteroatoms. The van der Waals surface area contributed by atoms with Crippen molar-refractivity contribution >= 4 is 29.9 Å². The van der Waals surface area contributed by atoms with E-state index in [4.69, 9.17) is 0 Å². The van der Waals surface area contributed by atoms with Crippen molar-refractivity contribution in [1.82, 2.24) is 10.6 Å². The summed E-state index contributed by atoms with van der Waals surface area (Å²) >= 11 is 0. The number of guanidine groups is 1. The second-order valence-corrected chi connectivity index (χ2v) is 4.73. The summed E-state index contributed by atoms with van der Waals surface area (Å²) in [5.74, 6) is 1.69. The van der Waals surface area contributed by atoms with Crippen LogP contribution in [-0.4, -0.2) is 25.1 Å². The summed E-state index contributed by atoms with van der Waals surface area (Å²) in [6.45, 7) is 8.40. The summed E-state index contributed by atoms with van der Waals surface area (Å²) in [7, 11) is 0. The van der Waals surface area contributed by atoms with E-state index in [1.54, 1.807) is 0 Å². The van der Waals surface area contributed by atoms with Gasteiger partial charge in [0, 0.05) is 19.1 Å². The van der Waals surface area contributed by atoms with Crippen LogP contribution in [0, 0.1) is 5.92 Å². The molecule has 0 fully saturated rings. The van der Waals surface area contributed by atoms with Crippen LogP contribution >= 0.6 is 24.0 Å². The summed E-state index contributed by atoms with van der Waals surface area (Å²) < 4.78 is 0. The number of hydrogen-bond donors (Lipinski definition) is 2. The SMILES string of the molecule is CCNC(=NCCC(C)C)NC1CC=CC1.I. The molecule has 0 radical (unpaired) electrons. The summed E-state index contributed by atoms with van der Waals surface area (Å²) in [4.78, 5) is 4.58. The first kappa shape index (κ1) is 16.7. The third-order valence-corrected chi connectivity index (χ3v) is 2.67. The van der Waals surface area contributed by atoms with E-state index >= 15 is 0 Å². The van der Waals surface area contributed by atoms with Crippen LogP contribution in [0.25, 0.3) is 0 Å². The Kier molecular flexibility index (Phi) is 9.59. The third kappa shape index (κ3) is 7.63. The van der Waals surface area contributed by atoms with Crippen molar-refractivity contribution in [3.05, 3.63) is 12.2 Å². The van der Waals surface area contributed by atoms with Crippen molar-refractivity contribution in [3.63, 3.8) is 0 Å². The fraction of sp³-hybridized carbons (Fsp3) is 0.769. The Bertz CT molecular complexity index is 241. The van der Waals surface area contributed by atoms with Gasteiger partial charge in [0.15, 0.2) is 5.96 Å². The maximum atomic E-state index is 4.58. The maximum absolute atomic E-state index is 4.58. The molecule has 0 saturated carbocycles. The average molecular weight is 351 g/mol. The van der Waals surface area contributed by atoms with Gasteiger partial charge in [0.05, 0.1) is 0 Å². The first-order valence-electron chi connectivity index (χ1n) is 6.42. The van der Waals surface area contributed by atoms with Crippen LogP contribution < -0.4 is 10.6 Å². The highest BCUT2D eigenvalue weighted by atomic mass is 127. The van der Waals surface area contributed by atoms with E-state index in [9.17, 15) is 0 Å². The van der Waals surface area contributed by atoms with Gasteiger partial charge >= 0.3 is 0 Å². The van der Waals surface area contributed by atoms with Gasteiger partial charge in [0.2, 0.25) is 0 Å². The number of nitrogens with zero attached hydrogens (tertiary/aromatic N) is 1. The maximum Gasteiger partial charge on any atom is 0.191 e. The molecule has 0 spiro atoms. The smallest absolute Gasteiger partial charge is 0.191 e. The molecule has 1 aliphatic rings. The van der Waals surface area contributed by atoms with Gasteiger partial charge in [0.1, 0.15) is 0 Å². The van der Waals surface area contributed by atoms with Crippen molar-refractivity contribution in [3.8, 4) is 0 Å². The lowest BCUT2D eigenvalue weighted by Crippen LogP contribution is -2.42. The Morgan fingerprint density at radius 3 is 2.53 bits per heavy atom. The Morgan fingerprint density at radius 1 is 1.35 bits per heavy atom. The molecule has 1 rings (SSSR count). The molecule has 2 N–H and O–H groups in total. The van der Waals surface area contributed by atoms with Crippen LogP contribution in [0.4, 0.5) is 0 Å². The molecular weight excluding hydrogens is 325 g/mol. The lowest BCUT2D eigenvalue weighted by atomic mass is 10.1. The van der Waals surface area contributed by atoms with Crippen molar-refractivity contribution in [2.24, 2.45) is 10.9 Å². The average Bonchev–Trinajstić information content (AvgIpc) is 2.70. The van der Waals surface area contributed by atoms with Crippen LogP contribution in [0.3, 0.4) is 0 Å². The van der Waals surface area contributed by atoms with Gasteiger partial charge in [-0.15, -0.1) is 24.0 Å². The lowest BCUT2D eigenvalue weighted by Gasteiger charge is -2.16. The largest absolute Gasteiger partial charge is 0.357 e. The van der Waals surface area contributed by atoms with Crippen LogP contribution in [0.5, 0.6) is 0 Å². The fourth-order valence-electron chi connectivity index (χ4n) is 1.68. The van der Waals surface area contributed by atoms with E-state index in [1.165, 1.54) is 0 Å². The van der Waals surface area contributed by atoms with E-state index in [1.807, 2.05) is 0 Å². The van der Waals surface area contributed by atoms with Gasteiger partial charge in [-0.05, 0) is 32.1 Å². The molecular formula is C13H26IN3. The van der Waals surface area contributed by atoms with Gasteiger partial charge < -0.3 is 10.6 Å². The zero-order valence-electron chi connectivity index (χ0n) is 11.2. The summed E-state index contributed by atoms with van der Waals surface area (Å²) in [6, 6.07) is 0.539. The number of aliphatic imine (C=N–C) groups is 1. The van der Waals surface area contributed by atoms with Gasteiger partial charge in [0.25, 0.3) is 0 Å². The summed E-state index contributed by atoms with van der Waals surface area (Å²) in [6.07, 6.45) is 7.85. The summed E-state index contributed by atoms with van der Waals surface area (Å²) in [5.41, 5.74) is 0. The standard InChI is InChI=1S/C13H25N3.HI/c1-4-14-13(15-10-9-11(2)3)16-12-7-5-6-8-12;/h5-6,11-12H,4,7-10H2,1-3H3,(H2,14,15,16);1H. The van der Waals surface area contributed by atoms with Crippen molar-refractivity contribution < 1.29 is 0 Å². The summed E-state index contributed by atoms with van der Waals surface area (Å²) in [5, 5.41) is 6.76. The van der Waals surface area contributed by atoms with E-state index in [0.717, 1.165) is 44.2 Å². The number of halogens is 1. The molecule has 0 amide bonds. The Balaban J connectivity index is 0.00000256. The van der Waals surface area contributed by atoms with E-state index in [0.29, 0.717) is 6.04 Å². The van der Waals surface area contributed by atoms with Crippen LogP contribution in [0.2, 0.25) is 0 Å². The minimum absolute atomic E-state index is 0. The second-order valence-electron chi connectivity index (χ2n) is 4.73. The fourth-order valence-corrected chi connectivity index (χ4v) is 1.68. The molecule has 0 aromatic rings. The normalized spacial score (nSPS) is 16.1. The molecule has 0 unspecified atom stereocenters. The first-order valence-corrected chi connectivity index (χ1v) is 6.42. The number of nitrogens with one attached hydrogen (secondary N) is 2. The first-order chi connectivity index (χ1) is 7.72. The second kappa shape index (κ2) is 9.74. The Hall–Kier alpha value is -0.260. The van der Waals surface area contributed by atoms with E-state index < -0.39 is 0 Å². The van der Waals surface area contributed by atoms with E-state index in [2.05, 4.69) is 48.5 Å². The molecule has 3 nitrogen and oxygen atoms in total. The molecule has 1 aliphatic carbocycles. The van der Waals surface area contributed by atoms with Crippen molar-refractivity contribution in [2.45, 2.75) is 46.1 Å². The monoisotopic (exact) mass is 351 g/mol.